The van der Waals surface area contributed by atoms with Crippen LogP contribution in [0.3, 0.4) is 0 Å². The van der Waals surface area contributed by atoms with E-state index in [9.17, 15) is 8.42 Å². The number of sulfonamides is 1. The molecule has 0 aliphatic rings. The van der Waals surface area contributed by atoms with Crippen LogP contribution in [-0.2, 0) is 10.0 Å². The highest BCUT2D eigenvalue weighted by Crippen LogP contribution is 2.27. The number of hydrogen-bond donors (Lipinski definition) is 2. The van der Waals surface area contributed by atoms with Gasteiger partial charge in [0.25, 0.3) is 10.0 Å². The van der Waals surface area contributed by atoms with E-state index < -0.39 is 10.0 Å². The zero-order valence-electron chi connectivity index (χ0n) is 15.9. The molecule has 146 valence electrons. The van der Waals surface area contributed by atoms with Crippen LogP contribution < -0.4 is 14.8 Å². The molecule has 0 radical (unpaired) electrons. The summed E-state index contributed by atoms with van der Waals surface area (Å²) in [5.41, 5.74) is 1.40. The fraction of sp³-hybridized carbons (Fsp3) is 0.200. The first kappa shape index (κ1) is 19.6. The van der Waals surface area contributed by atoms with E-state index in [0.29, 0.717) is 17.1 Å². The molecule has 28 heavy (non-hydrogen) atoms. The standard InChI is InChI=1S/C20H22N4O3S/c1-14(2)27-17-10-6-5-9-16(17)21-19-12-13-20(23-22-19)24-28(25,26)18-11-7-4-8-15(18)3/h4-14H,1-3H3,(H,21,22)(H,23,24). The molecule has 0 saturated heterocycles. The third-order valence-corrected chi connectivity index (χ3v) is 5.31. The van der Waals surface area contributed by atoms with Gasteiger partial charge in [-0.3, -0.25) is 4.72 Å². The van der Waals surface area contributed by atoms with Crippen molar-refractivity contribution >= 4 is 27.3 Å². The van der Waals surface area contributed by atoms with E-state index in [1.165, 1.54) is 0 Å². The average Bonchev–Trinajstić information content (AvgIpc) is 2.64. The van der Waals surface area contributed by atoms with Gasteiger partial charge in [0, 0.05) is 0 Å². The summed E-state index contributed by atoms with van der Waals surface area (Å²) < 4.78 is 33.3. The summed E-state index contributed by atoms with van der Waals surface area (Å²) in [5, 5.41) is 11.1. The van der Waals surface area contributed by atoms with Crippen LogP contribution in [0.2, 0.25) is 0 Å². The van der Waals surface area contributed by atoms with Crippen molar-refractivity contribution in [2.45, 2.75) is 31.8 Å². The van der Waals surface area contributed by atoms with Crippen LogP contribution in [0.4, 0.5) is 17.3 Å². The third kappa shape index (κ3) is 4.77. The van der Waals surface area contributed by atoms with Crippen molar-refractivity contribution in [3.8, 4) is 5.75 Å². The summed E-state index contributed by atoms with van der Waals surface area (Å²) in [7, 11) is -3.73. The molecule has 0 atom stereocenters. The predicted octanol–water partition coefficient (Wildman–Crippen LogP) is 4.12. The molecule has 0 amide bonds. The second-order valence-corrected chi connectivity index (χ2v) is 8.11. The number of nitrogens with zero attached hydrogens (tertiary/aromatic N) is 2. The molecule has 0 spiro atoms. The van der Waals surface area contributed by atoms with Gasteiger partial charge in [0.2, 0.25) is 0 Å². The first-order valence-electron chi connectivity index (χ1n) is 8.80. The van der Waals surface area contributed by atoms with Gasteiger partial charge in [0.05, 0.1) is 16.7 Å². The molecule has 3 aromatic rings. The minimum atomic E-state index is -3.73. The van der Waals surface area contributed by atoms with Crippen LogP contribution >= 0.6 is 0 Å². The van der Waals surface area contributed by atoms with Crippen molar-refractivity contribution in [3.63, 3.8) is 0 Å². The number of aryl methyl sites for hydroxylation is 1. The molecule has 0 fully saturated rings. The zero-order valence-corrected chi connectivity index (χ0v) is 16.7. The molecule has 7 nitrogen and oxygen atoms in total. The van der Waals surface area contributed by atoms with E-state index in [4.69, 9.17) is 4.74 Å². The van der Waals surface area contributed by atoms with Gasteiger partial charge in [-0.1, -0.05) is 30.3 Å². The normalized spacial score (nSPS) is 11.3. The highest BCUT2D eigenvalue weighted by molar-refractivity contribution is 7.92. The number of ether oxygens (including phenoxy) is 1. The van der Waals surface area contributed by atoms with Crippen molar-refractivity contribution in [2.75, 3.05) is 10.0 Å². The second-order valence-electron chi connectivity index (χ2n) is 6.46. The Balaban J connectivity index is 1.75. The largest absolute Gasteiger partial charge is 0.489 e. The number of benzene rings is 2. The van der Waals surface area contributed by atoms with Crippen LogP contribution in [0.1, 0.15) is 19.4 Å². The molecule has 8 heteroatoms. The summed E-state index contributed by atoms with van der Waals surface area (Å²) >= 11 is 0. The van der Waals surface area contributed by atoms with E-state index in [0.717, 1.165) is 5.69 Å². The maximum absolute atomic E-state index is 12.5. The Morgan fingerprint density at radius 3 is 2.21 bits per heavy atom. The summed E-state index contributed by atoms with van der Waals surface area (Å²) in [6.07, 6.45) is 0.0345. The Morgan fingerprint density at radius 1 is 0.893 bits per heavy atom. The maximum Gasteiger partial charge on any atom is 0.263 e. The lowest BCUT2D eigenvalue weighted by molar-refractivity contribution is 0.244. The summed E-state index contributed by atoms with van der Waals surface area (Å²) in [6.45, 7) is 5.64. The van der Waals surface area contributed by atoms with Gasteiger partial charge in [0.1, 0.15) is 5.75 Å². The SMILES string of the molecule is Cc1ccccc1S(=O)(=O)Nc1ccc(Nc2ccccc2OC(C)C)nn1. The topological polar surface area (TPSA) is 93.2 Å². The van der Waals surface area contributed by atoms with Gasteiger partial charge < -0.3 is 10.1 Å². The Morgan fingerprint density at radius 2 is 1.54 bits per heavy atom. The molecule has 0 aliphatic carbocycles. The van der Waals surface area contributed by atoms with E-state index in [1.807, 2.05) is 38.1 Å². The summed E-state index contributed by atoms with van der Waals surface area (Å²) in [6, 6.07) is 17.5. The first-order valence-corrected chi connectivity index (χ1v) is 10.3. The number of nitrogens with one attached hydrogen (secondary N) is 2. The average molecular weight is 398 g/mol. The van der Waals surface area contributed by atoms with E-state index in [-0.39, 0.29) is 16.8 Å². The summed E-state index contributed by atoms with van der Waals surface area (Å²) in [5.74, 6) is 1.31. The molecule has 1 heterocycles. The lowest BCUT2D eigenvalue weighted by Crippen LogP contribution is -2.15. The second kappa shape index (κ2) is 8.26. The van der Waals surface area contributed by atoms with Gasteiger partial charge in [0.15, 0.2) is 11.6 Å². The van der Waals surface area contributed by atoms with Crippen LogP contribution in [0.15, 0.2) is 65.6 Å². The van der Waals surface area contributed by atoms with Crippen molar-refractivity contribution in [3.05, 3.63) is 66.2 Å². The fourth-order valence-corrected chi connectivity index (χ4v) is 3.81. The molecule has 2 N–H and O–H groups in total. The lowest BCUT2D eigenvalue weighted by atomic mass is 10.2. The molecule has 2 aromatic carbocycles. The molecule has 0 aliphatic heterocycles. The monoisotopic (exact) mass is 398 g/mol. The predicted molar refractivity (Wildman–Crippen MR) is 110 cm³/mol. The van der Waals surface area contributed by atoms with Gasteiger partial charge in [-0.15, -0.1) is 10.2 Å². The van der Waals surface area contributed by atoms with Crippen molar-refractivity contribution < 1.29 is 13.2 Å². The Kier molecular flexibility index (Phi) is 5.79. The number of anilines is 3. The van der Waals surface area contributed by atoms with Gasteiger partial charge in [-0.2, -0.15) is 0 Å². The van der Waals surface area contributed by atoms with Crippen molar-refractivity contribution in [1.82, 2.24) is 10.2 Å². The molecule has 3 rings (SSSR count). The minimum Gasteiger partial charge on any atom is -0.489 e. The number of para-hydroxylation sites is 2. The Hall–Kier alpha value is -3.13. The number of hydrogen-bond acceptors (Lipinski definition) is 6. The summed E-state index contributed by atoms with van der Waals surface area (Å²) in [4.78, 5) is 0.207. The lowest BCUT2D eigenvalue weighted by Gasteiger charge is -2.15. The van der Waals surface area contributed by atoms with Crippen LogP contribution in [0, 0.1) is 6.92 Å². The van der Waals surface area contributed by atoms with Gasteiger partial charge >= 0.3 is 0 Å². The highest BCUT2D eigenvalue weighted by atomic mass is 32.2. The fourth-order valence-electron chi connectivity index (χ4n) is 2.57. The molecule has 0 unspecified atom stereocenters. The molecule has 0 saturated carbocycles. The zero-order chi connectivity index (χ0) is 20.1. The number of aromatic nitrogens is 2. The number of rotatable bonds is 7. The third-order valence-electron chi connectivity index (χ3n) is 3.80. The Bertz CT molecular complexity index is 1050. The highest BCUT2D eigenvalue weighted by Gasteiger charge is 2.17. The van der Waals surface area contributed by atoms with Crippen LogP contribution in [0.25, 0.3) is 0 Å². The maximum atomic E-state index is 12.5. The minimum absolute atomic E-state index is 0.0345. The molecule has 1 aromatic heterocycles. The molecule has 0 bridgehead atoms. The van der Waals surface area contributed by atoms with Crippen molar-refractivity contribution in [1.29, 1.82) is 0 Å². The Labute approximate surface area is 164 Å². The van der Waals surface area contributed by atoms with Crippen LogP contribution in [0.5, 0.6) is 5.75 Å². The molecular formula is C20H22N4O3S. The van der Waals surface area contributed by atoms with E-state index in [1.54, 1.807) is 43.3 Å². The van der Waals surface area contributed by atoms with Crippen LogP contribution in [-0.4, -0.2) is 24.7 Å². The van der Waals surface area contributed by atoms with E-state index in [2.05, 4.69) is 20.2 Å². The smallest absolute Gasteiger partial charge is 0.263 e. The van der Waals surface area contributed by atoms with Gasteiger partial charge in [-0.25, -0.2) is 8.42 Å². The van der Waals surface area contributed by atoms with E-state index >= 15 is 0 Å². The quantitative estimate of drug-likeness (QED) is 0.622. The molecular weight excluding hydrogens is 376 g/mol. The van der Waals surface area contributed by atoms with Gasteiger partial charge in [-0.05, 0) is 56.7 Å². The first-order chi connectivity index (χ1) is 13.3. The van der Waals surface area contributed by atoms with Crippen molar-refractivity contribution in [2.24, 2.45) is 0 Å².